The SMILES string of the molecule is COc1ccc(NC(N)=NCc2c(C)nn(-c3ccccc3)c2C)cc1Cl. The van der Waals surface area contributed by atoms with Crippen LogP contribution in [0.2, 0.25) is 5.02 Å². The van der Waals surface area contributed by atoms with Gasteiger partial charge in [0.1, 0.15) is 5.75 Å². The average Bonchev–Trinajstić information content (AvgIpc) is 2.95. The van der Waals surface area contributed by atoms with E-state index < -0.39 is 0 Å². The average molecular weight is 384 g/mol. The van der Waals surface area contributed by atoms with Crippen molar-refractivity contribution in [3.63, 3.8) is 0 Å². The first-order valence-corrected chi connectivity index (χ1v) is 8.88. The second-order valence-electron chi connectivity index (χ2n) is 6.07. The van der Waals surface area contributed by atoms with E-state index in [9.17, 15) is 0 Å². The highest BCUT2D eigenvalue weighted by atomic mass is 35.5. The van der Waals surface area contributed by atoms with E-state index in [0.29, 0.717) is 23.3 Å². The lowest BCUT2D eigenvalue weighted by molar-refractivity contribution is 0.415. The van der Waals surface area contributed by atoms with Crippen molar-refractivity contribution in [3.05, 3.63) is 70.5 Å². The Kier molecular flexibility index (Phi) is 5.66. The molecule has 2 aromatic carbocycles. The lowest BCUT2D eigenvalue weighted by Crippen LogP contribution is -2.22. The Morgan fingerprint density at radius 1 is 1.22 bits per heavy atom. The van der Waals surface area contributed by atoms with Gasteiger partial charge in [-0.05, 0) is 44.2 Å². The minimum atomic E-state index is 0.308. The Morgan fingerprint density at radius 2 is 1.96 bits per heavy atom. The third-order valence-corrected chi connectivity index (χ3v) is 4.57. The summed E-state index contributed by atoms with van der Waals surface area (Å²) in [4.78, 5) is 4.45. The van der Waals surface area contributed by atoms with Crippen LogP contribution < -0.4 is 15.8 Å². The Morgan fingerprint density at radius 3 is 2.63 bits per heavy atom. The van der Waals surface area contributed by atoms with Gasteiger partial charge in [0.15, 0.2) is 5.96 Å². The highest BCUT2D eigenvalue weighted by Crippen LogP contribution is 2.27. The van der Waals surface area contributed by atoms with E-state index in [0.717, 1.165) is 28.3 Å². The molecular formula is C20H22ClN5O. The number of aryl methyl sites for hydroxylation is 1. The highest BCUT2D eigenvalue weighted by Gasteiger charge is 2.12. The van der Waals surface area contributed by atoms with Crippen LogP contribution >= 0.6 is 11.6 Å². The summed E-state index contributed by atoms with van der Waals surface area (Å²) in [6.45, 7) is 4.45. The molecule has 0 atom stereocenters. The third kappa shape index (κ3) is 4.23. The van der Waals surface area contributed by atoms with Crippen molar-refractivity contribution < 1.29 is 4.74 Å². The molecule has 0 aliphatic carbocycles. The fourth-order valence-electron chi connectivity index (χ4n) is 2.82. The Bertz CT molecular complexity index is 966. The fourth-order valence-corrected chi connectivity index (χ4v) is 3.08. The van der Waals surface area contributed by atoms with Crippen molar-refractivity contribution in [2.24, 2.45) is 10.7 Å². The van der Waals surface area contributed by atoms with Crippen LogP contribution in [0, 0.1) is 13.8 Å². The van der Waals surface area contributed by atoms with Gasteiger partial charge in [-0.15, -0.1) is 0 Å². The van der Waals surface area contributed by atoms with E-state index in [2.05, 4.69) is 15.4 Å². The molecule has 27 heavy (non-hydrogen) atoms. The summed E-state index contributed by atoms with van der Waals surface area (Å²) in [5.74, 6) is 0.916. The third-order valence-electron chi connectivity index (χ3n) is 4.27. The van der Waals surface area contributed by atoms with E-state index in [1.54, 1.807) is 19.2 Å². The molecule has 1 aromatic heterocycles. The zero-order valence-corrected chi connectivity index (χ0v) is 16.3. The van der Waals surface area contributed by atoms with Gasteiger partial charge in [0.05, 0.1) is 30.1 Å². The van der Waals surface area contributed by atoms with Crippen molar-refractivity contribution in [2.45, 2.75) is 20.4 Å². The smallest absolute Gasteiger partial charge is 0.193 e. The fraction of sp³-hybridized carbons (Fsp3) is 0.200. The molecule has 0 aliphatic rings. The molecule has 0 amide bonds. The molecule has 3 N–H and O–H groups in total. The molecule has 7 heteroatoms. The topological polar surface area (TPSA) is 77.5 Å². The Balaban J connectivity index is 1.76. The van der Waals surface area contributed by atoms with E-state index in [1.165, 1.54) is 0 Å². The Labute approximate surface area is 163 Å². The molecule has 0 radical (unpaired) electrons. The van der Waals surface area contributed by atoms with Gasteiger partial charge in [0, 0.05) is 16.9 Å². The van der Waals surface area contributed by atoms with Crippen LogP contribution in [0.25, 0.3) is 5.69 Å². The number of halogens is 1. The van der Waals surface area contributed by atoms with Crippen molar-refractivity contribution in [3.8, 4) is 11.4 Å². The maximum atomic E-state index is 6.13. The number of anilines is 1. The highest BCUT2D eigenvalue weighted by molar-refractivity contribution is 6.32. The van der Waals surface area contributed by atoms with Gasteiger partial charge in [0.2, 0.25) is 0 Å². The van der Waals surface area contributed by atoms with Gasteiger partial charge in [-0.1, -0.05) is 29.8 Å². The molecule has 0 bridgehead atoms. The van der Waals surface area contributed by atoms with Crippen LogP contribution in [0.3, 0.4) is 0 Å². The zero-order chi connectivity index (χ0) is 19.4. The summed E-state index contributed by atoms with van der Waals surface area (Å²) in [5.41, 5.74) is 10.8. The maximum Gasteiger partial charge on any atom is 0.193 e. The second kappa shape index (κ2) is 8.14. The molecule has 0 unspecified atom stereocenters. The monoisotopic (exact) mass is 383 g/mol. The first kappa shape index (κ1) is 18.8. The summed E-state index contributed by atoms with van der Waals surface area (Å²) in [6, 6.07) is 15.4. The number of nitrogens with zero attached hydrogens (tertiary/aromatic N) is 3. The summed E-state index contributed by atoms with van der Waals surface area (Å²) >= 11 is 6.13. The largest absolute Gasteiger partial charge is 0.495 e. The van der Waals surface area contributed by atoms with Crippen LogP contribution in [0.15, 0.2) is 53.5 Å². The predicted octanol–water partition coefficient (Wildman–Crippen LogP) is 4.08. The van der Waals surface area contributed by atoms with Crippen molar-refractivity contribution in [1.29, 1.82) is 0 Å². The number of nitrogens with one attached hydrogen (secondary N) is 1. The summed E-state index contributed by atoms with van der Waals surface area (Å²) < 4.78 is 7.07. The predicted molar refractivity (Wildman–Crippen MR) is 110 cm³/mol. The molecule has 1 heterocycles. The van der Waals surface area contributed by atoms with Crippen LogP contribution in [0.4, 0.5) is 5.69 Å². The van der Waals surface area contributed by atoms with Crippen molar-refractivity contribution >= 4 is 23.2 Å². The van der Waals surface area contributed by atoms with E-state index in [4.69, 9.17) is 22.1 Å². The van der Waals surface area contributed by atoms with Gasteiger partial charge in [-0.2, -0.15) is 5.10 Å². The normalized spacial score (nSPS) is 11.5. The number of aliphatic imine (C=N–C) groups is 1. The molecule has 0 saturated heterocycles. The molecule has 0 fully saturated rings. The number of guanidine groups is 1. The minimum Gasteiger partial charge on any atom is -0.495 e. The van der Waals surface area contributed by atoms with E-state index >= 15 is 0 Å². The number of nitrogens with two attached hydrogens (primary N) is 1. The number of hydrogen-bond donors (Lipinski definition) is 2. The maximum absolute atomic E-state index is 6.13. The van der Waals surface area contributed by atoms with Gasteiger partial charge in [-0.3, -0.25) is 0 Å². The van der Waals surface area contributed by atoms with Crippen LogP contribution in [0.5, 0.6) is 5.75 Å². The van der Waals surface area contributed by atoms with E-state index in [-0.39, 0.29) is 0 Å². The van der Waals surface area contributed by atoms with E-state index in [1.807, 2.05) is 54.9 Å². The number of rotatable bonds is 5. The van der Waals surface area contributed by atoms with Crippen LogP contribution in [0.1, 0.15) is 17.0 Å². The molecule has 0 spiro atoms. The number of ether oxygens (including phenoxy) is 1. The van der Waals surface area contributed by atoms with Crippen molar-refractivity contribution in [1.82, 2.24) is 9.78 Å². The van der Waals surface area contributed by atoms with Crippen molar-refractivity contribution in [2.75, 3.05) is 12.4 Å². The Hall–Kier alpha value is -2.99. The number of aromatic nitrogens is 2. The molecule has 6 nitrogen and oxygen atoms in total. The lowest BCUT2D eigenvalue weighted by atomic mass is 10.2. The molecule has 140 valence electrons. The summed E-state index contributed by atoms with van der Waals surface area (Å²) in [7, 11) is 1.57. The van der Waals surface area contributed by atoms with Gasteiger partial charge < -0.3 is 15.8 Å². The first-order chi connectivity index (χ1) is 13.0. The van der Waals surface area contributed by atoms with Gasteiger partial charge >= 0.3 is 0 Å². The number of para-hydroxylation sites is 1. The molecule has 3 rings (SSSR count). The minimum absolute atomic E-state index is 0.308. The summed E-state index contributed by atoms with van der Waals surface area (Å²) in [6.07, 6.45) is 0. The van der Waals surface area contributed by atoms with Gasteiger partial charge in [0.25, 0.3) is 0 Å². The molecule has 0 saturated carbocycles. The summed E-state index contributed by atoms with van der Waals surface area (Å²) in [5, 5.41) is 8.18. The second-order valence-corrected chi connectivity index (χ2v) is 6.48. The standard InChI is InChI=1S/C20H22ClN5O/c1-13-17(14(2)26(25-13)16-7-5-4-6-8-16)12-23-20(22)24-15-9-10-19(27-3)18(21)11-15/h4-11H,12H2,1-3H3,(H3,22,23,24). The molecular weight excluding hydrogens is 362 g/mol. The lowest BCUT2D eigenvalue weighted by Gasteiger charge is -2.08. The number of methoxy groups -OCH3 is 1. The zero-order valence-electron chi connectivity index (χ0n) is 15.5. The quantitative estimate of drug-likeness (QED) is 0.514. The van der Waals surface area contributed by atoms with Crippen LogP contribution in [-0.4, -0.2) is 22.8 Å². The van der Waals surface area contributed by atoms with Gasteiger partial charge in [-0.25, -0.2) is 9.67 Å². The number of hydrogen-bond acceptors (Lipinski definition) is 3. The first-order valence-electron chi connectivity index (χ1n) is 8.50. The molecule has 3 aromatic rings. The van der Waals surface area contributed by atoms with Crippen LogP contribution in [-0.2, 0) is 6.54 Å². The molecule has 0 aliphatic heterocycles. The number of benzene rings is 2.